The Balaban J connectivity index is 1.55. The molecule has 2 unspecified atom stereocenters. The molecule has 2 rings (SSSR count). The second-order valence-electron chi connectivity index (χ2n) is 5.40. The molecule has 0 amide bonds. The molecule has 2 atom stereocenters. The Hall–Kier alpha value is -2.12. The molecule has 1 fully saturated rings. The van der Waals surface area contributed by atoms with Gasteiger partial charge in [-0.2, -0.15) is 0 Å². The number of rotatable bonds is 9. The molecule has 132 valence electrons. The van der Waals surface area contributed by atoms with E-state index in [0.717, 1.165) is 5.75 Å². The molecule has 1 aromatic carbocycles. The maximum atomic E-state index is 12.0. The highest BCUT2D eigenvalue weighted by Crippen LogP contribution is 2.19. The van der Waals surface area contributed by atoms with Crippen LogP contribution in [0.4, 0.5) is 0 Å². The zero-order valence-electron chi connectivity index (χ0n) is 13.7. The van der Waals surface area contributed by atoms with Gasteiger partial charge in [0, 0.05) is 19.5 Å². The van der Waals surface area contributed by atoms with Gasteiger partial charge < -0.3 is 24.3 Å². The average molecular weight is 337 g/mol. The quantitative estimate of drug-likeness (QED) is 0.408. The molecule has 0 spiro atoms. The number of para-hydroxylation sites is 1. The highest BCUT2D eigenvalue weighted by atomic mass is 16.7. The predicted molar refractivity (Wildman–Crippen MR) is 85.3 cm³/mol. The molecule has 0 radical (unpaired) electrons. The fourth-order valence-electron chi connectivity index (χ4n) is 2.46. The van der Waals surface area contributed by atoms with Gasteiger partial charge in [-0.05, 0) is 12.1 Å². The topological polar surface area (TPSA) is 83.1 Å². The van der Waals surface area contributed by atoms with E-state index in [-0.39, 0.29) is 6.79 Å². The molecule has 1 aromatic rings. The number of carbonyl (C=O) groups excluding carboxylic acids is 2. The summed E-state index contributed by atoms with van der Waals surface area (Å²) < 4.78 is 20.5. The lowest BCUT2D eigenvalue weighted by atomic mass is 9.96. The van der Waals surface area contributed by atoms with Crippen LogP contribution in [0, 0.1) is 11.8 Å². The lowest BCUT2D eigenvalue weighted by molar-refractivity contribution is -0.166. The molecule has 1 heterocycles. The summed E-state index contributed by atoms with van der Waals surface area (Å²) in [5, 5.41) is 2.99. The van der Waals surface area contributed by atoms with Gasteiger partial charge in [0.2, 0.25) is 0 Å². The Morgan fingerprint density at radius 1 is 1.08 bits per heavy atom. The number of carbonyl (C=O) groups is 2. The minimum absolute atomic E-state index is 0.130. The first-order valence-corrected chi connectivity index (χ1v) is 7.93. The summed E-state index contributed by atoms with van der Waals surface area (Å²) >= 11 is 0. The zero-order valence-corrected chi connectivity index (χ0v) is 13.7. The predicted octanol–water partition coefficient (Wildman–Crippen LogP) is 0.981. The number of hydrogen-bond acceptors (Lipinski definition) is 7. The van der Waals surface area contributed by atoms with Crippen LogP contribution in [0.2, 0.25) is 0 Å². The number of nitrogens with one attached hydrogen (secondary N) is 1. The minimum atomic E-state index is -0.525. The van der Waals surface area contributed by atoms with Crippen molar-refractivity contribution < 1.29 is 28.5 Å². The largest absolute Gasteiger partial charge is 0.494 e. The lowest BCUT2D eigenvalue weighted by Crippen LogP contribution is -2.31. The van der Waals surface area contributed by atoms with Crippen LogP contribution in [0.25, 0.3) is 0 Å². The summed E-state index contributed by atoms with van der Waals surface area (Å²) in [5.41, 5.74) is 0. The van der Waals surface area contributed by atoms with Crippen LogP contribution in [0.5, 0.6) is 5.75 Å². The van der Waals surface area contributed by atoms with E-state index in [1.165, 1.54) is 7.11 Å². The molecule has 1 N–H and O–H groups in total. The standard InChI is InChI=1S/C17H23NO6/c1-21-16(19)14-10-18-11-15(14)17(20)24-12-22-8-5-9-23-13-6-3-2-4-7-13/h2-4,6-7,14-15,18H,5,8-12H2,1H3. The lowest BCUT2D eigenvalue weighted by Gasteiger charge is -2.15. The molecule has 1 aliphatic rings. The van der Waals surface area contributed by atoms with E-state index in [2.05, 4.69) is 10.1 Å². The van der Waals surface area contributed by atoms with Crippen molar-refractivity contribution in [1.29, 1.82) is 0 Å². The smallest absolute Gasteiger partial charge is 0.313 e. The first-order valence-electron chi connectivity index (χ1n) is 7.93. The first-order chi connectivity index (χ1) is 11.7. The Morgan fingerprint density at radius 2 is 1.79 bits per heavy atom. The van der Waals surface area contributed by atoms with Crippen LogP contribution in [0.15, 0.2) is 30.3 Å². The maximum absolute atomic E-state index is 12.0. The van der Waals surface area contributed by atoms with E-state index < -0.39 is 23.8 Å². The Bertz CT molecular complexity index is 521. The van der Waals surface area contributed by atoms with Gasteiger partial charge in [0.25, 0.3) is 0 Å². The van der Waals surface area contributed by atoms with Crippen molar-refractivity contribution in [3.8, 4) is 5.75 Å². The van der Waals surface area contributed by atoms with Gasteiger partial charge in [0.1, 0.15) is 5.75 Å². The van der Waals surface area contributed by atoms with Crippen LogP contribution in [0.1, 0.15) is 6.42 Å². The summed E-state index contributed by atoms with van der Waals surface area (Å²) in [4.78, 5) is 23.6. The average Bonchev–Trinajstić information content (AvgIpc) is 3.11. The molecule has 0 bridgehead atoms. The van der Waals surface area contributed by atoms with Gasteiger partial charge in [0.15, 0.2) is 6.79 Å². The van der Waals surface area contributed by atoms with Crippen molar-refractivity contribution in [2.75, 3.05) is 40.2 Å². The third-order valence-electron chi connectivity index (χ3n) is 3.75. The molecule has 0 saturated carbocycles. The fourth-order valence-corrected chi connectivity index (χ4v) is 2.46. The maximum Gasteiger partial charge on any atom is 0.313 e. The summed E-state index contributed by atoms with van der Waals surface area (Å²) in [5.74, 6) is -1.06. The summed E-state index contributed by atoms with van der Waals surface area (Å²) in [6.45, 7) is 1.64. The number of hydrogen-bond donors (Lipinski definition) is 1. The summed E-state index contributed by atoms with van der Waals surface area (Å²) in [6.07, 6.45) is 0.683. The minimum Gasteiger partial charge on any atom is -0.494 e. The molecule has 24 heavy (non-hydrogen) atoms. The molecular formula is C17H23NO6. The molecule has 1 aliphatic heterocycles. The molecule has 7 heteroatoms. The molecule has 7 nitrogen and oxygen atoms in total. The Kier molecular flexibility index (Phi) is 7.51. The monoisotopic (exact) mass is 337 g/mol. The van der Waals surface area contributed by atoms with Gasteiger partial charge in [0.05, 0.1) is 32.2 Å². The van der Waals surface area contributed by atoms with E-state index >= 15 is 0 Å². The van der Waals surface area contributed by atoms with Crippen molar-refractivity contribution in [2.45, 2.75) is 6.42 Å². The second-order valence-corrected chi connectivity index (χ2v) is 5.40. The van der Waals surface area contributed by atoms with Gasteiger partial charge >= 0.3 is 11.9 Å². The van der Waals surface area contributed by atoms with Gasteiger partial charge in [-0.3, -0.25) is 9.59 Å². The number of methoxy groups -OCH3 is 1. The second kappa shape index (κ2) is 9.89. The zero-order chi connectivity index (χ0) is 17.2. The van der Waals surface area contributed by atoms with E-state index in [0.29, 0.717) is 32.7 Å². The van der Waals surface area contributed by atoms with Gasteiger partial charge in [-0.1, -0.05) is 18.2 Å². The highest BCUT2D eigenvalue weighted by molar-refractivity contribution is 5.83. The summed E-state index contributed by atoms with van der Waals surface area (Å²) in [7, 11) is 1.31. The Labute approximate surface area is 141 Å². The van der Waals surface area contributed by atoms with E-state index in [9.17, 15) is 9.59 Å². The van der Waals surface area contributed by atoms with E-state index in [1.54, 1.807) is 0 Å². The number of esters is 2. The molecule has 0 aliphatic carbocycles. The van der Waals surface area contributed by atoms with Crippen molar-refractivity contribution in [2.24, 2.45) is 11.8 Å². The molecular weight excluding hydrogens is 314 g/mol. The van der Waals surface area contributed by atoms with Crippen molar-refractivity contribution in [1.82, 2.24) is 5.32 Å². The SMILES string of the molecule is COC(=O)C1CNCC1C(=O)OCOCCCOc1ccccc1. The fraction of sp³-hybridized carbons (Fsp3) is 0.529. The van der Waals surface area contributed by atoms with Gasteiger partial charge in [-0.15, -0.1) is 0 Å². The van der Waals surface area contributed by atoms with E-state index in [4.69, 9.17) is 14.2 Å². The molecule has 0 aromatic heterocycles. The Morgan fingerprint density at radius 3 is 2.50 bits per heavy atom. The third kappa shape index (κ3) is 5.50. The normalized spacial score (nSPS) is 19.7. The van der Waals surface area contributed by atoms with Crippen LogP contribution < -0.4 is 10.1 Å². The van der Waals surface area contributed by atoms with Crippen molar-refractivity contribution in [3.05, 3.63) is 30.3 Å². The summed E-state index contributed by atoms with van der Waals surface area (Å²) in [6, 6.07) is 9.51. The first kappa shape index (κ1) is 18.2. The highest BCUT2D eigenvalue weighted by Gasteiger charge is 2.39. The van der Waals surface area contributed by atoms with Crippen LogP contribution in [0.3, 0.4) is 0 Å². The van der Waals surface area contributed by atoms with Crippen LogP contribution in [-0.4, -0.2) is 52.1 Å². The number of ether oxygens (including phenoxy) is 4. The van der Waals surface area contributed by atoms with Crippen molar-refractivity contribution >= 4 is 11.9 Å². The van der Waals surface area contributed by atoms with Gasteiger partial charge in [-0.25, -0.2) is 0 Å². The third-order valence-corrected chi connectivity index (χ3v) is 3.75. The van der Waals surface area contributed by atoms with Crippen LogP contribution >= 0.6 is 0 Å². The van der Waals surface area contributed by atoms with Crippen LogP contribution in [-0.2, 0) is 23.8 Å². The molecule has 1 saturated heterocycles. The van der Waals surface area contributed by atoms with E-state index in [1.807, 2.05) is 30.3 Å². The van der Waals surface area contributed by atoms with Crippen molar-refractivity contribution in [3.63, 3.8) is 0 Å². The number of benzene rings is 1.